The third-order valence-electron chi connectivity index (χ3n) is 2.71. The van der Waals surface area contributed by atoms with Gasteiger partial charge in [0.15, 0.2) is 0 Å². The van der Waals surface area contributed by atoms with Crippen LogP contribution in [0.25, 0.3) is 0 Å². The minimum absolute atomic E-state index is 0.128. The van der Waals surface area contributed by atoms with Crippen molar-refractivity contribution in [3.8, 4) is 0 Å². The molecule has 1 aromatic carbocycles. The van der Waals surface area contributed by atoms with E-state index in [-0.39, 0.29) is 11.6 Å². The van der Waals surface area contributed by atoms with E-state index >= 15 is 0 Å². The Morgan fingerprint density at radius 3 is 2.65 bits per heavy atom. The molecule has 1 rings (SSSR count). The number of amides is 2. The van der Waals surface area contributed by atoms with Gasteiger partial charge in [0.05, 0.1) is 11.3 Å². The van der Waals surface area contributed by atoms with Crippen molar-refractivity contribution in [2.45, 2.75) is 26.7 Å². The molecule has 1 aromatic rings. The molecular formula is C14H19BrN2O3. The molecule has 0 bridgehead atoms. The number of hydrogen-bond acceptors (Lipinski definition) is 2. The first kappa shape index (κ1) is 16.5. The number of aromatic carboxylic acids is 1. The second-order valence-electron chi connectivity index (χ2n) is 4.92. The fourth-order valence-corrected chi connectivity index (χ4v) is 1.98. The Labute approximate surface area is 126 Å². The molecule has 0 unspecified atom stereocenters. The lowest BCUT2D eigenvalue weighted by Crippen LogP contribution is -2.29. The van der Waals surface area contributed by atoms with Crippen LogP contribution in [0, 0.1) is 5.92 Å². The summed E-state index contributed by atoms with van der Waals surface area (Å²) in [6.45, 7) is 4.86. The number of urea groups is 1. The van der Waals surface area contributed by atoms with Crippen molar-refractivity contribution in [2.75, 3.05) is 11.9 Å². The van der Waals surface area contributed by atoms with Gasteiger partial charge in [-0.15, -0.1) is 0 Å². The Morgan fingerprint density at radius 1 is 1.35 bits per heavy atom. The lowest BCUT2D eigenvalue weighted by atomic mass is 10.1. The van der Waals surface area contributed by atoms with Crippen molar-refractivity contribution >= 4 is 33.6 Å². The minimum atomic E-state index is -1.03. The van der Waals surface area contributed by atoms with Crippen molar-refractivity contribution in [3.63, 3.8) is 0 Å². The molecular weight excluding hydrogens is 324 g/mol. The Bertz CT molecular complexity index is 489. The van der Waals surface area contributed by atoms with E-state index in [0.717, 1.165) is 12.8 Å². The second kappa shape index (κ2) is 7.89. The van der Waals surface area contributed by atoms with Crippen LogP contribution < -0.4 is 10.6 Å². The van der Waals surface area contributed by atoms with E-state index in [2.05, 4.69) is 40.4 Å². The molecule has 0 spiro atoms. The maximum Gasteiger partial charge on any atom is 0.335 e. The first-order chi connectivity index (χ1) is 9.40. The van der Waals surface area contributed by atoms with Gasteiger partial charge in [0.25, 0.3) is 0 Å². The van der Waals surface area contributed by atoms with Crippen molar-refractivity contribution < 1.29 is 14.7 Å². The van der Waals surface area contributed by atoms with Crippen LogP contribution in [0.15, 0.2) is 22.7 Å². The van der Waals surface area contributed by atoms with Crippen LogP contribution in [0.4, 0.5) is 10.5 Å². The Balaban J connectivity index is 2.53. The van der Waals surface area contributed by atoms with E-state index < -0.39 is 5.97 Å². The predicted octanol–water partition coefficient (Wildman–Crippen LogP) is 3.71. The van der Waals surface area contributed by atoms with Crippen molar-refractivity contribution in [2.24, 2.45) is 5.92 Å². The van der Waals surface area contributed by atoms with E-state index in [0.29, 0.717) is 22.6 Å². The third-order valence-corrected chi connectivity index (χ3v) is 3.40. The number of carbonyl (C=O) groups excluding carboxylic acids is 1. The average molecular weight is 343 g/mol. The van der Waals surface area contributed by atoms with Gasteiger partial charge < -0.3 is 15.7 Å². The number of carbonyl (C=O) groups is 2. The number of anilines is 1. The number of carboxylic acids is 1. The highest BCUT2D eigenvalue weighted by Crippen LogP contribution is 2.23. The topological polar surface area (TPSA) is 78.4 Å². The lowest BCUT2D eigenvalue weighted by molar-refractivity contribution is 0.0697. The molecule has 2 amide bonds. The molecule has 0 fully saturated rings. The Morgan fingerprint density at radius 2 is 2.05 bits per heavy atom. The zero-order chi connectivity index (χ0) is 15.1. The van der Waals surface area contributed by atoms with Crippen LogP contribution in [0.3, 0.4) is 0 Å². The van der Waals surface area contributed by atoms with Crippen LogP contribution in [-0.4, -0.2) is 23.7 Å². The van der Waals surface area contributed by atoms with E-state index in [1.165, 1.54) is 12.1 Å². The molecule has 110 valence electrons. The van der Waals surface area contributed by atoms with Crippen molar-refractivity contribution in [1.82, 2.24) is 5.32 Å². The van der Waals surface area contributed by atoms with Gasteiger partial charge in [-0.1, -0.05) is 13.8 Å². The molecule has 0 aromatic heterocycles. The van der Waals surface area contributed by atoms with Gasteiger partial charge in [-0.25, -0.2) is 9.59 Å². The smallest absolute Gasteiger partial charge is 0.335 e. The van der Waals surface area contributed by atoms with Crippen molar-refractivity contribution in [3.05, 3.63) is 28.2 Å². The SMILES string of the molecule is CC(C)CCCNC(=O)Nc1cc(C(=O)O)ccc1Br. The fraction of sp³-hybridized carbons (Fsp3) is 0.429. The van der Waals surface area contributed by atoms with Gasteiger partial charge in [-0.3, -0.25) is 0 Å². The summed E-state index contributed by atoms with van der Waals surface area (Å²) in [6, 6.07) is 4.15. The fourth-order valence-electron chi connectivity index (χ4n) is 1.63. The lowest BCUT2D eigenvalue weighted by Gasteiger charge is -2.10. The van der Waals surface area contributed by atoms with E-state index in [9.17, 15) is 9.59 Å². The zero-order valence-electron chi connectivity index (χ0n) is 11.6. The highest BCUT2D eigenvalue weighted by Gasteiger charge is 2.09. The maximum absolute atomic E-state index is 11.7. The molecule has 3 N–H and O–H groups in total. The summed E-state index contributed by atoms with van der Waals surface area (Å²) in [7, 11) is 0. The van der Waals surface area contributed by atoms with Crippen LogP contribution in [0.5, 0.6) is 0 Å². The average Bonchev–Trinajstić information content (AvgIpc) is 2.37. The molecule has 0 saturated carbocycles. The molecule has 5 nitrogen and oxygen atoms in total. The van der Waals surface area contributed by atoms with Crippen LogP contribution in [0.2, 0.25) is 0 Å². The molecule has 0 radical (unpaired) electrons. The predicted molar refractivity (Wildman–Crippen MR) is 82.2 cm³/mol. The molecule has 0 aliphatic carbocycles. The first-order valence-electron chi connectivity index (χ1n) is 6.48. The van der Waals surface area contributed by atoms with Gasteiger partial charge in [0, 0.05) is 11.0 Å². The van der Waals surface area contributed by atoms with Crippen LogP contribution in [0.1, 0.15) is 37.0 Å². The van der Waals surface area contributed by atoms with E-state index in [1.54, 1.807) is 6.07 Å². The summed E-state index contributed by atoms with van der Waals surface area (Å²) < 4.78 is 0.639. The summed E-state index contributed by atoms with van der Waals surface area (Å²) in [5.74, 6) is -0.417. The van der Waals surface area contributed by atoms with Crippen LogP contribution in [-0.2, 0) is 0 Å². The number of halogens is 1. The van der Waals surface area contributed by atoms with E-state index in [1.807, 2.05) is 0 Å². The summed E-state index contributed by atoms with van der Waals surface area (Å²) in [5, 5.41) is 14.3. The normalized spacial score (nSPS) is 10.4. The maximum atomic E-state index is 11.7. The monoisotopic (exact) mass is 342 g/mol. The minimum Gasteiger partial charge on any atom is -0.478 e. The number of carboxylic acid groups (broad SMARTS) is 1. The van der Waals surface area contributed by atoms with Gasteiger partial charge in [-0.2, -0.15) is 0 Å². The molecule has 6 heteroatoms. The summed E-state index contributed by atoms with van der Waals surface area (Å²) in [5.41, 5.74) is 0.564. The summed E-state index contributed by atoms with van der Waals surface area (Å²) in [4.78, 5) is 22.6. The highest BCUT2D eigenvalue weighted by atomic mass is 79.9. The van der Waals surface area contributed by atoms with Gasteiger partial charge in [0.2, 0.25) is 0 Å². The number of rotatable bonds is 6. The standard InChI is InChI=1S/C14H19BrN2O3/c1-9(2)4-3-7-16-14(20)17-12-8-10(13(18)19)5-6-11(12)15/h5-6,8-9H,3-4,7H2,1-2H3,(H,18,19)(H2,16,17,20). The molecule has 0 heterocycles. The first-order valence-corrected chi connectivity index (χ1v) is 7.27. The number of benzene rings is 1. The summed E-state index contributed by atoms with van der Waals surface area (Å²) >= 11 is 3.27. The molecule has 0 aliphatic heterocycles. The van der Waals surface area contributed by atoms with Crippen LogP contribution >= 0.6 is 15.9 Å². The Hall–Kier alpha value is -1.56. The largest absolute Gasteiger partial charge is 0.478 e. The molecule has 20 heavy (non-hydrogen) atoms. The van der Waals surface area contributed by atoms with Gasteiger partial charge in [0.1, 0.15) is 0 Å². The summed E-state index contributed by atoms with van der Waals surface area (Å²) in [6.07, 6.45) is 1.97. The number of nitrogens with one attached hydrogen (secondary N) is 2. The van der Waals surface area contributed by atoms with Crippen molar-refractivity contribution in [1.29, 1.82) is 0 Å². The number of hydrogen-bond donors (Lipinski definition) is 3. The van der Waals surface area contributed by atoms with Gasteiger partial charge in [-0.05, 0) is 52.9 Å². The molecule has 0 atom stereocenters. The van der Waals surface area contributed by atoms with Gasteiger partial charge >= 0.3 is 12.0 Å². The molecule has 0 saturated heterocycles. The van der Waals surface area contributed by atoms with E-state index in [4.69, 9.17) is 5.11 Å². The molecule has 0 aliphatic rings. The zero-order valence-corrected chi connectivity index (χ0v) is 13.2. The second-order valence-corrected chi connectivity index (χ2v) is 5.77. The quantitative estimate of drug-likeness (QED) is 0.689. The Kier molecular flexibility index (Phi) is 6.51. The highest BCUT2D eigenvalue weighted by molar-refractivity contribution is 9.10. The third kappa shape index (κ3) is 5.61.